The van der Waals surface area contributed by atoms with Crippen molar-refractivity contribution in [2.45, 2.75) is 44.2 Å². The molecule has 5 nitrogen and oxygen atoms in total. The number of carbonyl (C=O) groups excluding carboxylic acids is 1. The zero-order valence-electron chi connectivity index (χ0n) is 11.8. The molecule has 0 radical (unpaired) electrons. The minimum atomic E-state index is -3.01. The molecule has 2 fully saturated rings. The largest absolute Gasteiger partial charge is 0.343 e. The number of hydrogen-bond donors (Lipinski definition) is 1. The third kappa shape index (κ3) is 3.92. The Kier molecular flexibility index (Phi) is 4.50. The van der Waals surface area contributed by atoms with Gasteiger partial charge in [0.2, 0.25) is 5.91 Å². The van der Waals surface area contributed by atoms with Crippen LogP contribution < -0.4 is 5.32 Å². The molecule has 1 aliphatic carbocycles. The molecule has 0 aromatic carbocycles. The van der Waals surface area contributed by atoms with Crippen molar-refractivity contribution < 1.29 is 13.2 Å². The van der Waals surface area contributed by atoms with Crippen LogP contribution in [0.4, 0.5) is 0 Å². The average molecular weight is 288 g/mol. The molecule has 0 spiro atoms. The molecule has 1 saturated carbocycles. The van der Waals surface area contributed by atoms with Gasteiger partial charge in [-0.05, 0) is 25.2 Å². The summed E-state index contributed by atoms with van der Waals surface area (Å²) < 4.78 is 22.3. The van der Waals surface area contributed by atoms with E-state index in [0.717, 1.165) is 6.42 Å². The summed E-state index contributed by atoms with van der Waals surface area (Å²) in [7, 11) is -1.32. The number of rotatable bonds is 4. The van der Waals surface area contributed by atoms with Gasteiger partial charge in [0, 0.05) is 25.9 Å². The monoisotopic (exact) mass is 288 g/mol. The lowest BCUT2D eigenvalue weighted by molar-refractivity contribution is -0.131. The Balaban J connectivity index is 1.86. The van der Waals surface area contributed by atoms with E-state index in [1.165, 1.54) is 31.9 Å². The Labute approximate surface area is 115 Å². The Morgan fingerprint density at radius 1 is 1.32 bits per heavy atom. The normalized spacial score (nSPS) is 30.9. The third-order valence-electron chi connectivity index (χ3n) is 4.33. The molecule has 3 unspecified atom stereocenters. The molecule has 1 heterocycles. The highest BCUT2D eigenvalue weighted by Gasteiger charge is 2.39. The highest BCUT2D eigenvalue weighted by molar-refractivity contribution is 7.90. The van der Waals surface area contributed by atoms with Gasteiger partial charge in [0.1, 0.15) is 9.84 Å². The maximum absolute atomic E-state index is 12.3. The topological polar surface area (TPSA) is 66.5 Å². The number of fused-ring (bicyclic) bond motifs is 1. The van der Waals surface area contributed by atoms with Gasteiger partial charge in [-0.25, -0.2) is 8.42 Å². The smallest absolute Gasteiger partial charge is 0.239 e. The van der Waals surface area contributed by atoms with Gasteiger partial charge in [-0.2, -0.15) is 0 Å². The Morgan fingerprint density at radius 2 is 2.00 bits per heavy atom. The minimum absolute atomic E-state index is 0.0365. The molecule has 0 aromatic rings. The number of carbonyl (C=O) groups is 1. The summed E-state index contributed by atoms with van der Waals surface area (Å²) >= 11 is 0. The molecule has 0 aromatic heterocycles. The van der Waals surface area contributed by atoms with E-state index >= 15 is 0 Å². The number of likely N-dealkylation sites (N-methyl/N-ethyl adjacent to an activating group) is 1. The number of sulfone groups is 1. The fourth-order valence-corrected chi connectivity index (χ4v) is 3.79. The first-order valence-electron chi connectivity index (χ1n) is 7.05. The number of nitrogens with one attached hydrogen (secondary N) is 1. The van der Waals surface area contributed by atoms with Crippen molar-refractivity contribution in [2.24, 2.45) is 5.92 Å². The molecule has 3 atom stereocenters. The second kappa shape index (κ2) is 5.79. The predicted octanol–water partition coefficient (Wildman–Crippen LogP) is 0.410. The van der Waals surface area contributed by atoms with E-state index in [2.05, 4.69) is 5.32 Å². The van der Waals surface area contributed by atoms with E-state index in [1.54, 1.807) is 11.9 Å². The zero-order valence-corrected chi connectivity index (χ0v) is 12.6. The van der Waals surface area contributed by atoms with Crippen molar-refractivity contribution in [3.8, 4) is 0 Å². The first-order valence-corrected chi connectivity index (χ1v) is 9.11. The van der Waals surface area contributed by atoms with Crippen molar-refractivity contribution in [1.29, 1.82) is 0 Å². The highest BCUT2D eigenvalue weighted by Crippen LogP contribution is 2.33. The first-order chi connectivity index (χ1) is 8.87. The Morgan fingerprint density at radius 3 is 2.63 bits per heavy atom. The summed E-state index contributed by atoms with van der Waals surface area (Å²) in [6.45, 7) is 0.283. The van der Waals surface area contributed by atoms with Crippen molar-refractivity contribution in [2.75, 3.05) is 25.6 Å². The highest BCUT2D eigenvalue weighted by atomic mass is 32.2. The lowest BCUT2D eigenvalue weighted by atomic mass is 9.85. The SMILES string of the molecule is CN(CCS(C)(=O)=O)C(=O)C1CC2CCCCC2N1. The molecule has 6 heteroatoms. The fourth-order valence-electron chi connectivity index (χ4n) is 3.19. The summed E-state index contributed by atoms with van der Waals surface area (Å²) in [6.07, 6.45) is 7.02. The van der Waals surface area contributed by atoms with Gasteiger partial charge in [-0.15, -0.1) is 0 Å². The van der Waals surface area contributed by atoms with Crippen molar-refractivity contribution in [3.63, 3.8) is 0 Å². The minimum Gasteiger partial charge on any atom is -0.343 e. The van der Waals surface area contributed by atoms with Gasteiger partial charge >= 0.3 is 0 Å². The fraction of sp³-hybridized carbons (Fsp3) is 0.923. The van der Waals surface area contributed by atoms with E-state index in [1.807, 2.05) is 0 Å². The molecular weight excluding hydrogens is 264 g/mol. The van der Waals surface area contributed by atoms with E-state index in [-0.39, 0.29) is 24.2 Å². The second-order valence-corrected chi connectivity index (χ2v) is 8.26. The molecular formula is C13H24N2O3S. The maximum Gasteiger partial charge on any atom is 0.239 e. The standard InChI is InChI=1S/C13H24N2O3S/c1-15(7-8-19(2,17)18)13(16)12-9-10-5-3-4-6-11(10)14-12/h10-12,14H,3-9H2,1-2H3. The lowest BCUT2D eigenvalue weighted by Gasteiger charge is -2.24. The summed E-state index contributed by atoms with van der Waals surface area (Å²) in [5.74, 6) is 0.707. The molecule has 2 rings (SSSR count). The number of hydrogen-bond acceptors (Lipinski definition) is 4. The van der Waals surface area contributed by atoms with Crippen LogP contribution in [-0.2, 0) is 14.6 Å². The number of nitrogens with zero attached hydrogens (tertiary/aromatic N) is 1. The zero-order chi connectivity index (χ0) is 14.0. The van der Waals surface area contributed by atoms with Crippen LogP contribution in [0, 0.1) is 5.92 Å². The lowest BCUT2D eigenvalue weighted by Crippen LogP contribution is -2.45. The van der Waals surface area contributed by atoms with Gasteiger partial charge < -0.3 is 10.2 Å². The Bertz CT molecular complexity index is 421. The van der Waals surface area contributed by atoms with Crippen LogP contribution in [0.25, 0.3) is 0 Å². The Hall–Kier alpha value is -0.620. The van der Waals surface area contributed by atoms with E-state index in [4.69, 9.17) is 0 Å². The van der Waals surface area contributed by atoms with Gasteiger partial charge in [0.05, 0.1) is 11.8 Å². The molecule has 110 valence electrons. The van der Waals surface area contributed by atoms with E-state index < -0.39 is 9.84 Å². The second-order valence-electron chi connectivity index (χ2n) is 6.00. The summed E-state index contributed by atoms with van der Waals surface area (Å²) in [6, 6.07) is 0.378. The molecule has 1 N–H and O–H groups in total. The quantitative estimate of drug-likeness (QED) is 0.814. The molecule has 1 amide bonds. The van der Waals surface area contributed by atoms with Gasteiger partial charge in [0.15, 0.2) is 0 Å². The molecule has 19 heavy (non-hydrogen) atoms. The van der Waals surface area contributed by atoms with Crippen molar-refractivity contribution >= 4 is 15.7 Å². The summed E-state index contributed by atoms with van der Waals surface area (Å²) in [5, 5.41) is 3.43. The number of amides is 1. The van der Waals surface area contributed by atoms with Crippen LogP contribution in [0.1, 0.15) is 32.1 Å². The molecule has 1 aliphatic heterocycles. The average Bonchev–Trinajstić information content (AvgIpc) is 2.77. The predicted molar refractivity (Wildman–Crippen MR) is 74.6 cm³/mol. The third-order valence-corrected chi connectivity index (χ3v) is 5.26. The van der Waals surface area contributed by atoms with Gasteiger partial charge in [-0.3, -0.25) is 4.79 Å². The van der Waals surface area contributed by atoms with Crippen LogP contribution in [0.3, 0.4) is 0 Å². The first kappa shape index (κ1) is 14.8. The van der Waals surface area contributed by atoms with Crippen LogP contribution in [0.15, 0.2) is 0 Å². The van der Waals surface area contributed by atoms with E-state index in [0.29, 0.717) is 12.0 Å². The summed E-state index contributed by atoms with van der Waals surface area (Å²) in [5.41, 5.74) is 0. The van der Waals surface area contributed by atoms with Crippen molar-refractivity contribution in [3.05, 3.63) is 0 Å². The van der Waals surface area contributed by atoms with Crippen LogP contribution in [0.5, 0.6) is 0 Å². The summed E-state index contributed by atoms with van der Waals surface area (Å²) in [4.78, 5) is 13.8. The molecule has 2 aliphatic rings. The van der Waals surface area contributed by atoms with Gasteiger partial charge in [-0.1, -0.05) is 12.8 Å². The maximum atomic E-state index is 12.3. The molecule has 0 bridgehead atoms. The van der Waals surface area contributed by atoms with Crippen LogP contribution >= 0.6 is 0 Å². The van der Waals surface area contributed by atoms with E-state index in [9.17, 15) is 13.2 Å². The van der Waals surface area contributed by atoms with Gasteiger partial charge in [0.25, 0.3) is 0 Å². The van der Waals surface area contributed by atoms with Crippen molar-refractivity contribution in [1.82, 2.24) is 10.2 Å². The van der Waals surface area contributed by atoms with Crippen LogP contribution in [-0.4, -0.2) is 56.9 Å². The molecule has 1 saturated heterocycles. The van der Waals surface area contributed by atoms with Crippen LogP contribution in [0.2, 0.25) is 0 Å².